The highest BCUT2D eigenvalue weighted by atomic mass is 16.6. The van der Waals surface area contributed by atoms with Gasteiger partial charge in [0.1, 0.15) is 5.60 Å². The second-order valence-corrected chi connectivity index (χ2v) is 6.00. The van der Waals surface area contributed by atoms with Gasteiger partial charge in [-0.15, -0.1) is 0 Å². The number of carbonyl (C=O) groups is 1. The van der Waals surface area contributed by atoms with Crippen molar-refractivity contribution in [2.45, 2.75) is 50.9 Å². The lowest BCUT2D eigenvalue weighted by Gasteiger charge is -2.26. The Bertz CT molecular complexity index is 312. The van der Waals surface area contributed by atoms with Crippen LogP contribution in [0.25, 0.3) is 0 Å². The van der Waals surface area contributed by atoms with Crippen molar-refractivity contribution in [3.63, 3.8) is 0 Å². The second-order valence-electron chi connectivity index (χ2n) is 6.00. The van der Waals surface area contributed by atoms with Crippen LogP contribution in [0.3, 0.4) is 0 Å². The van der Waals surface area contributed by atoms with Gasteiger partial charge in [0, 0.05) is 13.0 Å². The van der Waals surface area contributed by atoms with Crippen LogP contribution >= 0.6 is 0 Å². The minimum absolute atomic E-state index is 0.292. The van der Waals surface area contributed by atoms with Crippen LogP contribution in [0, 0.1) is 0 Å². The van der Waals surface area contributed by atoms with Crippen molar-refractivity contribution in [1.29, 1.82) is 0 Å². The Labute approximate surface area is 102 Å². The van der Waals surface area contributed by atoms with Crippen molar-refractivity contribution in [3.8, 4) is 0 Å². The van der Waals surface area contributed by atoms with Gasteiger partial charge in [-0.1, -0.05) is 0 Å². The van der Waals surface area contributed by atoms with Crippen molar-refractivity contribution < 1.29 is 19.4 Å². The molecule has 2 aliphatic rings. The Morgan fingerprint density at radius 2 is 2.24 bits per heavy atom. The average Bonchev–Trinajstić information content (AvgIpc) is 2.72. The van der Waals surface area contributed by atoms with Crippen molar-refractivity contribution in [3.05, 3.63) is 0 Å². The largest absolute Gasteiger partial charge is 0.444 e. The molecule has 2 aliphatic heterocycles. The molecule has 2 fully saturated rings. The van der Waals surface area contributed by atoms with E-state index in [1.54, 1.807) is 4.90 Å². The van der Waals surface area contributed by atoms with Crippen LogP contribution in [0.5, 0.6) is 0 Å². The Morgan fingerprint density at radius 1 is 1.53 bits per heavy atom. The predicted octanol–water partition coefficient (Wildman–Crippen LogP) is 1.15. The number of aliphatic hydroxyl groups excluding tert-OH is 1. The molecular formula is C12H21NO4. The van der Waals surface area contributed by atoms with Gasteiger partial charge < -0.3 is 19.5 Å². The lowest BCUT2D eigenvalue weighted by Crippen LogP contribution is -2.39. The molecule has 2 saturated heterocycles. The molecule has 5 heteroatoms. The summed E-state index contributed by atoms with van der Waals surface area (Å²) in [7, 11) is 0. The minimum Gasteiger partial charge on any atom is -0.444 e. The molecule has 0 radical (unpaired) electrons. The third-order valence-corrected chi connectivity index (χ3v) is 3.16. The first-order chi connectivity index (χ1) is 7.80. The van der Waals surface area contributed by atoms with E-state index in [0.29, 0.717) is 26.1 Å². The SMILES string of the molecule is CC(C)(C)OC(=O)N1CC[C@]2(C[C@@H](O)CO2)C1. The molecule has 0 saturated carbocycles. The van der Waals surface area contributed by atoms with Gasteiger partial charge >= 0.3 is 6.09 Å². The van der Waals surface area contributed by atoms with Crippen LogP contribution in [0.4, 0.5) is 4.79 Å². The zero-order valence-electron chi connectivity index (χ0n) is 10.7. The van der Waals surface area contributed by atoms with E-state index in [9.17, 15) is 9.90 Å². The number of amides is 1. The first kappa shape index (κ1) is 12.6. The number of likely N-dealkylation sites (tertiary alicyclic amines) is 1. The minimum atomic E-state index is -0.469. The zero-order chi connectivity index (χ0) is 12.7. The highest BCUT2D eigenvalue weighted by Gasteiger charge is 2.47. The number of hydrogen-bond donors (Lipinski definition) is 1. The smallest absolute Gasteiger partial charge is 0.410 e. The summed E-state index contributed by atoms with van der Waals surface area (Å²) in [6, 6.07) is 0. The maximum absolute atomic E-state index is 11.9. The molecule has 2 atom stereocenters. The van der Waals surface area contributed by atoms with Gasteiger partial charge in [0.15, 0.2) is 0 Å². The van der Waals surface area contributed by atoms with Crippen LogP contribution in [0.1, 0.15) is 33.6 Å². The van der Waals surface area contributed by atoms with E-state index in [0.717, 1.165) is 6.42 Å². The fraction of sp³-hybridized carbons (Fsp3) is 0.917. The van der Waals surface area contributed by atoms with E-state index >= 15 is 0 Å². The van der Waals surface area contributed by atoms with E-state index in [1.807, 2.05) is 20.8 Å². The van der Waals surface area contributed by atoms with Crippen LogP contribution in [0.2, 0.25) is 0 Å². The molecule has 1 N–H and O–H groups in total. The van der Waals surface area contributed by atoms with Crippen molar-refractivity contribution >= 4 is 6.09 Å². The van der Waals surface area contributed by atoms with Crippen LogP contribution < -0.4 is 0 Å². The quantitative estimate of drug-likeness (QED) is 0.693. The summed E-state index contributed by atoms with van der Waals surface area (Å²) in [5.41, 5.74) is -0.806. The number of hydrogen-bond acceptors (Lipinski definition) is 4. The number of aliphatic hydroxyl groups is 1. The molecule has 2 heterocycles. The Kier molecular flexibility index (Phi) is 3.08. The van der Waals surface area contributed by atoms with Crippen LogP contribution in [-0.4, -0.2) is 53.1 Å². The molecule has 1 spiro atoms. The van der Waals surface area contributed by atoms with Gasteiger partial charge in [-0.2, -0.15) is 0 Å². The lowest BCUT2D eigenvalue weighted by atomic mass is 9.98. The highest BCUT2D eigenvalue weighted by molar-refractivity contribution is 5.68. The van der Waals surface area contributed by atoms with E-state index in [1.165, 1.54) is 0 Å². The number of carbonyl (C=O) groups excluding carboxylic acids is 1. The number of rotatable bonds is 0. The van der Waals surface area contributed by atoms with Gasteiger partial charge in [-0.25, -0.2) is 4.79 Å². The molecule has 98 valence electrons. The maximum Gasteiger partial charge on any atom is 0.410 e. The third kappa shape index (κ3) is 2.90. The molecular weight excluding hydrogens is 222 g/mol. The van der Waals surface area contributed by atoms with Gasteiger partial charge in [-0.05, 0) is 27.2 Å². The summed E-state index contributed by atoms with van der Waals surface area (Å²) >= 11 is 0. The van der Waals surface area contributed by atoms with Gasteiger partial charge in [-0.3, -0.25) is 0 Å². The second kappa shape index (κ2) is 4.14. The van der Waals surface area contributed by atoms with Crippen molar-refractivity contribution in [2.24, 2.45) is 0 Å². The summed E-state index contributed by atoms with van der Waals surface area (Å²) in [4.78, 5) is 13.5. The molecule has 0 aliphatic carbocycles. The zero-order valence-corrected chi connectivity index (χ0v) is 10.7. The predicted molar refractivity (Wildman–Crippen MR) is 61.7 cm³/mol. The lowest BCUT2D eigenvalue weighted by molar-refractivity contribution is -0.00116. The summed E-state index contributed by atoms with van der Waals surface area (Å²) in [6.07, 6.45) is 0.711. The Balaban J connectivity index is 1.92. The van der Waals surface area contributed by atoms with Gasteiger partial charge in [0.2, 0.25) is 0 Å². The molecule has 0 aromatic carbocycles. The van der Waals surface area contributed by atoms with Crippen LogP contribution in [-0.2, 0) is 9.47 Å². The highest BCUT2D eigenvalue weighted by Crippen LogP contribution is 2.35. The van der Waals surface area contributed by atoms with E-state index in [-0.39, 0.29) is 11.7 Å². The van der Waals surface area contributed by atoms with Gasteiger partial charge in [0.25, 0.3) is 0 Å². The van der Waals surface area contributed by atoms with Crippen molar-refractivity contribution in [2.75, 3.05) is 19.7 Å². The Hall–Kier alpha value is -0.810. The van der Waals surface area contributed by atoms with E-state index in [4.69, 9.17) is 9.47 Å². The topological polar surface area (TPSA) is 59.0 Å². The third-order valence-electron chi connectivity index (χ3n) is 3.16. The number of ether oxygens (including phenoxy) is 2. The van der Waals surface area contributed by atoms with E-state index in [2.05, 4.69) is 0 Å². The summed E-state index contributed by atoms with van der Waals surface area (Å²) in [5.74, 6) is 0. The Morgan fingerprint density at radius 3 is 2.76 bits per heavy atom. The molecule has 0 aromatic heterocycles. The first-order valence-corrected chi connectivity index (χ1v) is 6.10. The molecule has 0 unspecified atom stereocenters. The molecule has 17 heavy (non-hydrogen) atoms. The fourth-order valence-corrected chi connectivity index (χ4v) is 2.43. The number of nitrogens with zero attached hydrogens (tertiary/aromatic N) is 1. The van der Waals surface area contributed by atoms with E-state index < -0.39 is 11.7 Å². The monoisotopic (exact) mass is 243 g/mol. The maximum atomic E-state index is 11.9. The molecule has 2 rings (SSSR count). The molecule has 1 amide bonds. The van der Waals surface area contributed by atoms with Crippen LogP contribution in [0.15, 0.2) is 0 Å². The fourth-order valence-electron chi connectivity index (χ4n) is 2.43. The van der Waals surface area contributed by atoms with Crippen molar-refractivity contribution in [1.82, 2.24) is 4.90 Å². The average molecular weight is 243 g/mol. The summed E-state index contributed by atoms with van der Waals surface area (Å²) < 4.78 is 10.9. The standard InChI is InChI=1S/C12H21NO4/c1-11(2,3)17-10(15)13-5-4-12(8-13)6-9(14)7-16-12/h9,14H,4-8H2,1-3H3/t9-,12+/m1/s1. The summed E-state index contributed by atoms with van der Waals surface area (Å²) in [6.45, 7) is 7.11. The molecule has 0 bridgehead atoms. The van der Waals surface area contributed by atoms with Gasteiger partial charge in [0.05, 0.1) is 24.9 Å². The first-order valence-electron chi connectivity index (χ1n) is 6.10. The summed E-state index contributed by atoms with van der Waals surface area (Å²) in [5, 5.41) is 9.51. The molecule has 0 aromatic rings. The normalized spacial score (nSPS) is 33.4. The molecule has 5 nitrogen and oxygen atoms in total.